The number of aldehydes is 1. The van der Waals surface area contributed by atoms with Crippen LogP contribution in [0.25, 0.3) is 0 Å². The number of carbonyl (C=O) groups is 1. The molecule has 0 saturated carbocycles. The minimum Gasteiger partial charge on any atom is -0.373 e. The van der Waals surface area contributed by atoms with Crippen molar-refractivity contribution in [3.63, 3.8) is 0 Å². The van der Waals surface area contributed by atoms with Gasteiger partial charge in [0.25, 0.3) is 0 Å². The van der Waals surface area contributed by atoms with Crippen LogP contribution in [0.4, 0.5) is 0 Å². The Morgan fingerprint density at radius 2 is 2.32 bits per heavy atom. The molecule has 0 aromatic carbocycles. The van der Waals surface area contributed by atoms with E-state index in [1.165, 1.54) is 19.4 Å². The maximum atomic E-state index is 11.0. The van der Waals surface area contributed by atoms with Gasteiger partial charge >= 0.3 is 0 Å². The van der Waals surface area contributed by atoms with Crippen LogP contribution in [0.5, 0.6) is 0 Å². The lowest BCUT2D eigenvalue weighted by atomic mass is 10.2. The first-order valence-electron chi connectivity index (χ1n) is 7.16. The Morgan fingerprint density at radius 1 is 1.47 bits per heavy atom. The molecule has 3 heterocycles. The van der Waals surface area contributed by atoms with E-state index in [9.17, 15) is 4.79 Å². The van der Waals surface area contributed by atoms with Crippen LogP contribution in [0, 0.1) is 13.8 Å². The van der Waals surface area contributed by atoms with Crippen LogP contribution in [-0.2, 0) is 11.3 Å². The van der Waals surface area contributed by atoms with Crippen molar-refractivity contribution < 1.29 is 9.53 Å². The van der Waals surface area contributed by atoms with Crippen molar-refractivity contribution >= 4 is 6.29 Å². The van der Waals surface area contributed by atoms with Crippen molar-refractivity contribution in [3.8, 4) is 0 Å². The molecule has 1 aromatic rings. The molecule has 0 radical (unpaired) electrons. The molecule has 19 heavy (non-hydrogen) atoms. The van der Waals surface area contributed by atoms with E-state index in [0.29, 0.717) is 6.04 Å². The smallest absolute Gasteiger partial charge is 0.151 e. The molecular formula is C15H22N2O2. The molecule has 0 N–H and O–H groups in total. The average molecular weight is 262 g/mol. The molecule has 3 rings (SSSR count). The lowest BCUT2D eigenvalue weighted by Gasteiger charge is -2.35. The van der Waals surface area contributed by atoms with E-state index in [0.717, 1.165) is 42.9 Å². The molecule has 0 bridgehead atoms. The van der Waals surface area contributed by atoms with Crippen molar-refractivity contribution in [2.45, 2.75) is 45.4 Å². The second kappa shape index (κ2) is 5.10. The van der Waals surface area contributed by atoms with Gasteiger partial charge in [-0.1, -0.05) is 0 Å². The van der Waals surface area contributed by atoms with E-state index < -0.39 is 0 Å². The van der Waals surface area contributed by atoms with Gasteiger partial charge in [-0.25, -0.2) is 0 Å². The molecule has 1 aromatic heterocycles. The Labute approximate surface area is 114 Å². The fraction of sp³-hybridized carbons (Fsp3) is 0.667. The number of morpholine rings is 1. The minimum atomic E-state index is 0.249. The summed E-state index contributed by atoms with van der Waals surface area (Å²) < 4.78 is 8.21. The summed E-state index contributed by atoms with van der Waals surface area (Å²) in [7, 11) is 0. The number of fused-ring (bicyclic) bond motifs is 1. The molecule has 4 nitrogen and oxygen atoms in total. The van der Waals surface area contributed by atoms with E-state index in [1.54, 1.807) is 0 Å². The Bertz CT molecular complexity index is 481. The zero-order valence-electron chi connectivity index (χ0n) is 11.8. The van der Waals surface area contributed by atoms with E-state index in [1.807, 2.05) is 13.0 Å². The maximum Gasteiger partial charge on any atom is 0.151 e. The van der Waals surface area contributed by atoms with Crippen molar-refractivity contribution in [3.05, 3.63) is 23.0 Å². The van der Waals surface area contributed by atoms with E-state index in [4.69, 9.17) is 4.74 Å². The summed E-state index contributed by atoms with van der Waals surface area (Å²) in [5.41, 5.74) is 3.00. The summed E-state index contributed by atoms with van der Waals surface area (Å²) in [6, 6.07) is 2.61. The summed E-state index contributed by atoms with van der Waals surface area (Å²) in [4.78, 5) is 13.5. The molecule has 2 saturated heterocycles. The largest absolute Gasteiger partial charge is 0.373 e. The Morgan fingerprint density at radius 3 is 3.05 bits per heavy atom. The number of nitrogens with zero attached hydrogens (tertiary/aromatic N) is 2. The van der Waals surface area contributed by atoms with Gasteiger partial charge in [-0.2, -0.15) is 0 Å². The number of hydrogen-bond acceptors (Lipinski definition) is 3. The van der Waals surface area contributed by atoms with Gasteiger partial charge in [-0.05, 0) is 39.3 Å². The molecule has 0 amide bonds. The van der Waals surface area contributed by atoms with Crippen molar-refractivity contribution in [1.82, 2.24) is 9.47 Å². The molecule has 2 unspecified atom stereocenters. The quantitative estimate of drug-likeness (QED) is 0.779. The molecule has 0 spiro atoms. The van der Waals surface area contributed by atoms with Gasteiger partial charge in [-0.15, -0.1) is 0 Å². The molecule has 2 fully saturated rings. The average Bonchev–Trinajstić information content (AvgIpc) is 2.97. The number of hydrogen-bond donors (Lipinski definition) is 0. The second-order valence-electron chi connectivity index (χ2n) is 5.80. The fourth-order valence-corrected chi connectivity index (χ4v) is 3.43. The summed E-state index contributed by atoms with van der Waals surface area (Å²) in [6.07, 6.45) is 3.77. The van der Waals surface area contributed by atoms with Gasteiger partial charge in [0.1, 0.15) is 0 Å². The minimum absolute atomic E-state index is 0.249. The van der Waals surface area contributed by atoms with Crippen LogP contribution in [0.3, 0.4) is 0 Å². The fourth-order valence-electron chi connectivity index (χ4n) is 3.43. The first-order valence-corrected chi connectivity index (χ1v) is 7.16. The molecule has 2 aliphatic heterocycles. The van der Waals surface area contributed by atoms with Crippen molar-refractivity contribution in [2.75, 3.05) is 19.7 Å². The van der Waals surface area contributed by atoms with E-state index in [-0.39, 0.29) is 6.10 Å². The number of carbonyl (C=O) groups excluding carboxylic acids is 1. The number of aryl methyl sites for hydroxylation is 1. The highest BCUT2D eigenvalue weighted by Gasteiger charge is 2.32. The van der Waals surface area contributed by atoms with Gasteiger partial charge in [-0.3, -0.25) is 9.69 Å². The summed E-state index contributed by atoms with van der Waals surface area (Å²) in [6.45, 7) is 8.03. The topological polar surface area (TPSA) is 34.5 Å². The number of aromatic nitrogens is 1. The van der Waals surface area contributed by atoms with Gasteiger partial charge in [0.15, 0.2) is 6.29 Å². The molecule has 0 aliphatic carbocycles. The van der Waals surface area contributed by atoms with Crippen molar-refractivity contribution in [2.24, 2.45) is 0 Å². The lowest BCUT2D eigenvalue weighted by molar-refractivity contribution is -0.0555. The molecule has 104 valence electrons. The Hall–Kier alpha value is -1.13. The van der Waals surface area contributed by atoms with Gasteiger partial charge < -0.3 is 9.30 Å². The van der Waals surface area contributed by atoms with Crippen LogP contribution in [0.2, 0.25) is 0 Å². The molecule has 2 aliphatic rings. The maximum absolute atomic E-state index is 11.0. The summed E-state index contributed by atoms with van der Waals surface area (Å²) in [5, 5.41) is 0. The zero-order valence-corrected chi connectivity index (χ0v) is 11.8. The van der Waals surface area contributed by atoms with Gasteiger partial charge in [0.2, 0.25) is 0 Å². The predicted octanol–water partition coefficient (Wildman–Crippen LogP) is 1.78. The standard InChI is InChI=1S/C15H22N2O2/c1-11-6-13(9-18)12(2)17(11)8-15-7-16-5-3-4-14(16)10-19-15/h6,9,14-15H,3-5,7-8,10H2,1-2H3. The van der Waals surface area contributed by atoms with Crippen molar-refractivity contribution in [1.29, 1.82) is 0 Å². The summed E-state index contributed by atoms with van der Waals surface area (Å²) >= 11 is 0. The first-order chi connectivity index (χ1) is 9.19. The third-order valence-electron chi connectivity index (χ3n) is 4.59. The van der Waals surface area contributed by atoms with Crippen LogP contribution in [0.1, 0.15) is 34.6 Å². The molecule has 4 heteroatoms. The number of ether oxygens (including phenoxy) is 1. The monoisotopic (exact) mass is 262 g/mol. The molecular weight excluding hydrogens is 240 g/mol. The Kier molecular flexibility index (Phi) is 3.46. The van der Waals surface area contributed by atoms with Crippen LogP contribution in [-0.4, -0.2) is 47.6 Å². The summed E-state index contributed by atoms with van der Waals surface area (Å²) in [5.74, 6) is 0. The number of rotatable bonds is 3. The van der Waals surface area contributed by atoms with Gasteiger partial charge in [0.05, 0.1) is 19.3 Å². The highest BCUT2D eigenvalue weighted by Crippen LogP contribution is 2.24. The SMILES string of the molecule is Cc1cc(C=O)c(C)n1CC1CN2CCCC2CO1. The zero-order chi connectivity index (χ0) is 13.4. The third kappa shape index (κ3) is 2.35. The van der Waals surface area contributed by atoms with Gasteiger partial charge in [0, 0.05) is 29.5 Å². The highest BCUT2D eigenvalue weighted by molar-refractivity contribution is 5.77. The second-order valence-corrected chi connectivity index (χ2v) is 5.80. The predicted molar refractivity (Wildman–Crippen MR) is 73.6 cm³/mol. The van der Waals surface area contributed by atoms with E-state index >= 15 is 0 Å². The third-order valence-corrected chi connectivity index (χ3v) is 4.59. The molecule has 2 atom stereocenters. The normalized spacial score (nSPS) is 27.5. The van der Waals surface area contributed by atoms with Crippen LogP contribution < -0.4 is 0 Å². The lowest BCUT2D eigenvalue weighted by Crippen LogP contribution is -2.47. The van der Waals surface area contributed by atoms with Crippen LogP contribution >= 0.6 is 0 Å². The highest BCUT2D eigenvalue weighted by atomic mass is 16.5. The first kappa shape index (κ1) is 12.9. The van der Waals surface area contributed by atoms with Crippen LogP contribution in [0.15, 0.2) is 6.07 Å². The van der Waals surface area contributed by atoms with E-state index in [2.05, 4.69) is 16.4 Å². The Balaban J connectivity index is 1.71.